The van der Waals surface area contributed by atoms with E-state index >= 15 is 0 Å². The largest absolute Gasteiger partial charge is 0.506 e. The van der Waals surface area contributed by atoms with Gasteiger partial charge in [0.2, 0.25) is 0 Å². The Morgan fingerprint density at radius 1 is 1.13 bits per heavy atom. The molecule has 120 valence electrons. The third kappa shape index (κ3) is 2.74. The summed E-state index contributed by atoms with van der Waals surface area (Å²) >= 11 is 5.95. The number of anilines is 1. The van der Waals surface area contributed by atoms with Crippen LogP contribution in [0.2, 0.25) is 0 Å². The molecular formula is C16H14I2N2O2S. The summed E-state index contributed by atoms with van der Waals surface area (Å²) < 4.78 is 1.58. The van der Waals surface area contributed by atoms with E-state index in [0.717, 1.165) is 36.1 Å². The van der Waals surface area contributed by atoms with Crippen molar-refractivity contribution in [3.05, 3.63) is 40.8 Å². The van der Waals surface area contributed by atoms with Crippen molar-refractivity contribution in [2.75, 3.05) is 5.32 Å². The second kappa shape index (κ2) is 6.07. The third-order valence-electron chi connectivity index (χ3n) is 4.32. The molecule has 4 nitrogen and oxygen atoms in total. The summed E-state index contributed by atoms with van der Waals surface area (Å²) in [6, 6.07) is 3.82. The molecule has 1 atom stereocenters. The smallest absolute Gasteiger partial charge is 0.256 e. The number of nitrogens with one attached hydrogen (secondary N) is 2. The first-order chi connectivity index (χ1) is 11.0. The molecule has 2 aliphatic rings. The summed E-state index contributed by atoms with van der Waals surface area (Å²) in [6.07, 6.45) is 4.22. The van der Waals surface area contributed by atoms with E-state index in [2.05, 4.69) is 55.8 Å². The van der Waals surface area contributed by atoms with Gasteiger partial charge in [-0.25, -0.2) is 0 Å². The monoisotopic (exact) mass is 552 g/mol. The number of carbonyl (C=O) groups is 1. The number of aromatic hydroxyl groups is 1. The number of thiophene rings is 1. The molecule has 0 radical (unpaired) electrons. The summed E-state index contributed by atoms with van der Waals surface area (Å²) in [5.41, 5.74) is 3.06. The standard InChI is InChI=1S/C16H14I2N2O2S/c17-9-5-7(6-10(18)13(9)21)14-19-15(22)12-8-3-1-2-4-11(8)23-16(12)20-14/h5-6,14,20-21H,1-4H2,(H,19,22). The lowest BCUT2D eigenvalue weighted by atomic mass is 9.94. The number of carbonyl (C=O) groups excluding carboxylic acids is 1. The Balaban J connectivity index is 1.72. The molecule has 2 aromatic rings. The fourth-order valence-electron chi connectivity index (χ4n) is 3.20. The molecular weight excluding hydrogens is 538 g/mol. The summed E-state index contributed by atoms with van der Waals surface area (Å²) in [5.74, 6) is 0.311. The Hall–Kier alpha value is -0.550. The van der Waals surface area contributed by atoms with Crippen LogP contribution in [-0.2, 0) is 12.8 Å². The van der Waals surface area contributed by atoms with Crippen molar-refractivity contribution in [1.29, 1.82) is 0 Å². The zero-order chi connectivity index (χ0) is 16.1. The van der Waals surface area contributed by atoms with Gasteiger partial charge in [0.1, 0.15) is 16.9 Å². The minimum absolute atomic E-state index is 0.0150. The van der Waals surface area contributed by atoms with E-state index in [9.17, 15) is 9.90 Å². The minimum atomic E-state index is -0.252. The topological polar surface area (TPSA) is 61.4 Å². The van der Waals surface area contributed by atoms with Gasteiger partial charge in [-0.2, -0.15) is 0 Å². The predicted octanol–water partition coefficient (Wildman–Crippen LogP) is 4.40. The predicted molar refractivity (Wildman–Crippen MR) is 108 cm³/mol. The number of hydrogen-bond donors (Lipinski definition) is 3. The summed E-state index contributed by atoms with van der Waals surface area (Å²) in [6.45, 7) is 0. The van der Waals surface area contributed by atoms with E-state index in [1.165, 1.54) is 23.3 Å². The van der Waals surface area contributed by atoms with Crippen molar-refractivity contribution < 1.29 is 9.90 Å². The molecule has 1 aromatic heterocycles. The van der Waals surface area contributed by atoms with E-state index in [1.54, 1.807) is 11.3 Å². The molecule has 0 spiro atoms. The second-order valence-corrected chi connectivity index (χ2v) is 9.23. The van der Waals surface area contributed by atoms with E-state index in [1.807, 2.05) is 12.1 Å². The molecule has 4 rings (SSSR count). The molecule has 0 saturated carbocycles. The van der Waals surface area contributed by atoms with Gasteiger partial charge in [0.05, 0.1) is 12.7 Å². The van der Waals surface area contributed by atoms with Crippen molar-refractivity contribution in [3.8, 4) is 5.75 Å². The molecule has 7 heteroatoms. The normalized spacial score (nSPS) is 19.6. The van der Waals surface area contributed by atoms with E-state index in [0.29, 0.717) is 5.75 Å². The first-order valence-corrected chi connectivity index (χ1v) is 10.4. The van der Waals surface area contributed by atoms with Crippen LogP contribution in [-0.4, -0.2) is 11.0 Å². The first kappa shape index (κ1) is 15.9. The highest BCUT2D eigenvalue weighted by Crippen LogP contribution is 2.42. The zero-order valence-electron chi connectivity index (χ0n) is 12.1. The van der Waals surface area contributed by atoms with Crippen LogP contribution in [0.4, 0.5) is 5.00 Å². The van der Waals surface area contributed by atoms with Crippen LogP contribution in [0, 0.1) is 7.14 Å². The number of aryl methyl sites for hydroxylation is 1. The average molecular weight is 552 g/mol. The van der Waals surface area contributed by atoms with Crippen LogP contribution >= 0.6 is 56.5 Å². The number of halogens is 2. The van der Waals surface area contributed by atoms with Crippen LogP contribution in [0.5, 0.6) is 5.75 Å². The molecule has 0 saturated heterocycles. The van der Waals surface area contributed by atoms with Gasteiger partial charge < -0.3 is 15.7 Å². The van der Waals surface area contributed by atoms with Crippen LogP contribution in [0.25, 0.3) is 0 Å². The molecule has 0 bridgehead atoms. The van der Waals surface area contributed by atoms with Crippen molar-refractivity contribution in [2.45, 2.75) is 31.8 Å². The number of hydrogen-bond acceptors (Lipinski definition) is 4. The highest BCUT2D eigenvalue weighted by molar-refractivity contribution is 14.1. The van der Waals surface area contributed by atoms with Crippen molar-refractivity contribution >= 4 is 67.4 Å². The maximum absolute atomic E-state index is 12.6. The molecule has 1 aliphatic heterocycles. The van der Waals surface area contributed by atoms with Gasteiger partial charge in [-0.15, -0.1) is 11.3 Å². The van der Waals surface area contributed by atoms with Crippen molar-refractivity contribution in [3.63, 3.8) is 0 Å². The second-order valence-electron chi connectivity index (χ2n) is 5.80. The van der Waals surface area contributed by atoms with Crippen LogP contribution in [0.15, 0.2) is 12.1 Å². The van der Waals surface area contributed by atoms with Crippen LogP contribution < -0.4 is 10.6 Å². The molecule has 23 heavy (non-hydrogen) atoms. The number of fused-ring (bicyclic) bond motifs is 3. The molecule has 1 aromatic carbocycles. The number of rotatable bonds is 1. The fraction of sp³-hybridized carbons (Fsp3) is 0.312. The molecule has 1 aliphatic carbocycles. The molecule has 3 N–H and O–H groups in total. The van der Waals surface area contributed by atoms with Crippen LogP contribution in [0.3, 0.4) is 0 Å². The van der Waals surface area contributed by atoms with Gasteiger partial charge in [-0.05, 0) is 94.1 Å². The third-order valence-corrected chi connectivity index (χ3v) is 7.19. The molecule has 1 unspecified atom stereocenters. The highest BCUT2D eigenvalue weighted by atomic mass is 127. The Kier molecular flexibility index (Phi) is 4.21. The number of phenols is 1. The van der Waals surface area contributed by atoms with Gasteiger partial charge in [0.25, 0.3) is 5.91 Å². The summed E-state index contributed by atoms with van der Waals surface area (Å²) in [7, 11) is 0. The molecule has 0 fully saturated rings. The zero-order valence-corrected chi connectivity index (χ0v) is 17.2. The van der Waals surface area contributed by atoms with Gasteiger partial charge in [-0.3, -0.25) is 4.79 Å². The van der Waals surface area contributed by atoms with Gasteiger partial charge in [0, 0.05) is 4.88 Å². The lowest BCUT2D eigenvalue weighted by Crippen LogP contribution is -2.38. The van der Waals surface area contributed by atoms with Gasteiger partial charge in [0.15, 0.2) is 0 Å². The van der Waals surface area contributed by atoms with Gasteiger partial charge in [-0.1, -0.05) is 0 Å². The van der Waals surface area contributed by atoms with E-state index in [4.69, 9.17) is 0 Å². The minimum Gasteiger partial charge on any atom is -0.506 e. The summed E-state index contributed by atoms with van der Waals surface area (Å²) in [4.78, 5) is 14.0. The summed E-state index contributed by atoms with van der Waals surface area (Å²) in [5, 5.41) is 17.5. The number of benzene rings is 1. The lowest BCUT2D eigenvalue weighted by Gasteiger charge is -2.27. The van der Waals surface area contributed by atoms with Crippen molar-refractivity contribution in [1.82, 2.24) is 5.32 Å². The quantitative estimate of drug-likeness (QED) is 0.461. The van der Waals surface area contributed by atoms with Crippen molar-refractivity contribution in [2.24, 2.45) is 0 Å². The van der Waals surface area contributed by atoms with Gasteiger partial charge >= 0.3 is 0 Å². The molecule has 2 heterocycles. The van der Waals surface area contributed by atoms with E-state index in [-0.39, 0.29) is 12.1 Å². The highest BCUT2D eigenvalue weighted by Gasteiger charge is 2.32. The maximum Gasteiger partial charge on any atom is 0.256 e. The first-order valence-electron chi connectivity index (χ1n) is 7.44. The average Bonchev–Trinajstić information content (AvgIpc) is 2.90. The molecule has 1 amide bonds. The SMILES string of the molecule is O=C1NC(c2cc(I)c(O)c(I)c2)Nc2sc3c(c21)CCCC3. The van der Waals surface area contributed by atoms with E-state index < -0.39 is 0 Å². The number of phenolic OH excluding ortho intramolecular Hbond substituents is 1. The Morgan fingerprint density at radius 3 is 2.57 bits per heavy atom. The Labute approximate surface area is 165 Å². The fourth-order valence-corrected chi connectivity index (χ4v) is 6.33. The Morgan fingerprint density at radius 2 is 1.83 bits per heavy atom. The Bertz CT molecular complexity index is 796. The maximum atomic E-state index is 12.6. The number of amides is 1. The van der Waals surface area contributed by atoms with Crippen LogP contribution in [0.1, 0.15) is 45.4 Å². The lowest BCUT2D eigenvalue weighted by molar-refractivity contribution is 0.0935.